The van der Waals surface area contributed by atoms with E-state index in [0.29, 0.717) is 49.0 Å². The number of aromatic nitrogens is 3. The summed E-state index contributed by atoms with van der Waals surface area (Å²) in [5, 5.41) is 6.56. The molecule has 0 saturated carbocycles. The topological polar surface area (TPSA) is 92.3 Å². The van der Waals surface area contributed by atoms with Gasteiger partial charge in [0.1, 0.15) is 18.0 Å². The van der Waals surface area contributed by atoms with Crippen molar-refractivity contribution in [2.75, 3.05) is 43.5 Å². The number of allylic oxidation sites excluding steroid dienone is 1. The highest BCUT2D eigenvalue weighted by Gasteiger charge is 2.25. The standard InChI is InChI=1S/C26H30F2N6O2/c1-19(20-6-3-2-4-7-20)32-25-21-16-23(29-17-22(21)30-18-31-25)33-24(35)8-10-26(27,28)9-5-11-34-12-14-36-15-13-34/h2-4,6-8,10,16-19H,5,9,11-15H2,1H3,(H,29,33,35)(H,30,31,32). The maximum Gasteiger partial charge on any atom is 0.267 e. The third-order valence-electron chi connectivity index (χ3n) is 5.99. The lowest BCUT2D eigenvalue weighted by Gasteiger charge is -2.26. The first-order valence-electron chi connectivity index (χ1n) is 12.0. The molecule has 0 radical (unpaired) electrons. The van der Waals surface area contributed by atoms with E-state index in [1.807, 2.05) is 37.3 Å². The van der Waals surface area contributed by atoms with Crippen LogP contribution in [-0.4, -0.2) is 64.5 Å². The lowest BCUT2D eigenvalue weighted by atomic mass is 10.1. The summed E-state index contributed by atoms with van der Waals surface area (Å²) < 4.78 is 33.8. The number of nitrogens with one attached hydrogen (secondary N) is 2. The number of halogens is 2. The molecule has 1 aromatic carbocycles. The summed E-state index contributed by atoms with van der Waals surface area (Å²) >= 11 is 0. The molecule has 4 rings (SSSR count). The van der Waals surface area contributed by atoms with Crippen LogP contribution in [0.15, 0.2) is 61.1 Å². The zero-order valence-electron chi connectivity index (χ0n) is 20.2. The fraction of sp³-hybridized carbons (Fsp3) is 0.385. The highest BCUT2D eigenvalue weighted by atomic mass is 19.3. The van der Waals surface area contributed by atoms with Crippen LogP contribution in [0.25, 0.3) is 10.9 Å². The summed E-state index contributed by atoms with van der Waals surface area (Å²) in [7, 11) is 0. The number of amides is 1. The molecule has 1 unspecified atom stereocenters. The molecule has 10 heteroatoms. The Kier molecular flexibility index (Phi) is 8.50. The van der Waals surface area contributed by atoms with Gasteiger partial charge in [-0.15, -0.1) is 0 Å². The molecule has 190 valence electrons. The minimum Gasteiger partial charge on any atom is -0.379 e. The van der Waals surface area contributed by atoms with Gasteiger partial charge < -0.3 is 15.4 Å². The molecule has 1 amide bonds. The molecule has 1 aliphatic heterocycles. The molecular formula is C26H30F2N6O2. The number of carbonyl (C=O) groups excluding carboxylic acids is 1. The minimum atomic E-state index is -3.07. The molecule has 3 aromatic rings. The average Bonchev–Trinajstić information content (AvgIpc) is 2.89. The normalized spacial score (nSPS) is 15.8. The summed E-state index contributed by atoms with van der Waals surface area (Å²) in [5.41, 5.74) is 1.68. The molecule has 8 nitrogen and oxygen atoms in total. The van der Waals surface area contributed by atoms with Gasteiger partial charge in [-0.2, -0.15) is 0 Å². The molecular weight excluding hydrogens is 466 g/mol. The van der Waals surface area contributed by atoms with Crippen molar-refractivity contribution >= 4 is 28.4 Å². The van der Waals surface area contributed by atoms with Crippen molar-refractivity contribution in [2.24, 2.45) is 0 Å². The Hall–Kier alpha value is -3.50. The van der Waals surface area contributed by atoms with Crippen LogP contribution in [0.5, 0.6) is 0 Å². The molecule has 2 N–H and O–H groups in total. The van der Waals surface area contributed by atoms with E-state index in [2.05, 4.69) is 30.5 Å². The van der Waals surface area contributed by atoms with Crippen LogP contribution in [0.3, 0.4) is 0 Å². The highest BCUT2D eigenvalue weighted by molar-refractivity contribution is 6.00. The lowest BCUT2D eigenvalue weighted by Crippen LogP contribution is -2.37. The van der Waals surface area contributed by atoms with Crippen molar-refractivity contribution in [3.63, 3.8) is 0 Å². The fourth-order valence-corrected chi connectivity index (χ4v) is 3.98. The van der Waals surface area contributed by atoms with Crippen LogP contribution in [0.2, 0.25) is 0 Å². The zero-order valence-corrected chi connectivity index (χ0v) is 20.2. The predicted molar refractivity (Wildman–Crippen MR) is 135 cm³/mol. The number of pyridine rings is 1. The second kappa shape index (κ2) is 12.0. The van der Waals surface area contributed by atoms with E-state index >= 15 is 0 Å². The van der Waals surface area contributed by atoms with E-state index in [1.54, 1.807) is 6.07 Å². The number of hydrogen-bond donors (Lipinski definition) is 2. The molecule has 36 heavy (non-hydrogen) atoms. The molecule has 1 atom stereocenters. The third-order valence-corrected chi connectivity index (χ3v) is 5.99. The number of ether oxygens (including phenoxy) is 1. The first-order chi connectivity index (χ1) is 17.4. The Bertz CT molecular complexity index is 1190. The Morgan fingerprint density at radius 3 is 2.75 bits per heavy atom. The van der Waals surface area contributed by atoms with E-state index in [-0.39, 0.29) is 18.3 Å². The summed E-state index contributed by atoms with van der Waals surface area (Å²) in [4.78, 5) is 27.2. The third kappa shape index (κ3) is 7.25. The van der Waals surface area contributed by atoms with Gasteiger partial charge in [0.2, 0.25) is 5.91 Å². The van der Waals surface area contributed by atoms with E-state index in [9.17, 15) is 13.6 Å². The van der Waals surface area contributed by atoms with Gasteiger partial charge in [-0.1, -0.05) is 30.3 Å². The van der Waals surface area contributed by atoms with Crippen molar-refractivity contribution in [3.05, 3.63) is 66.6 Å². The van der Waals surface area contributed by atoms with Crippen molar-refractivity contribution < 1.29 is 18.3 Å². The molecule has 1 saturated heterocycles. The Balaban J connectivity index is 1.36. The van der Waals surface area contributed by atoms with E-state index in [1.165, 1.54) is 12.5 Å². The average molecular weight is 497 g/mol. The highest BCUT2D eigenvalue weighted by Crippen LogP contribution is 2.26. The van der Waals surface area contributed by atoms with Crippen LogP contribution in [0.1, 0.15) is 31.4 Å². The number of fused-ring (bicyclic) bond motifs is 1. The SMILES string of the molecule is CC(Nc1ncnc2cnc(NC(=O)C=CC(F)(F)CCCN3CCOCC3)cc12)c1ccccc1. The predicted octanol–water partition coefficient (Wildman–Crippen LogP) is 4.44. The molecule has 0 spiro atoms. The van der Waals surface area contributed by atoms with Crippen LogP contribution in [0.4, 0.5) is 20.4 Å². The maximum absolute atomic E-state index is 14.2. The van der Waals surface area contributed by atoms with Crippen LogP contribution >= 0.6 is 0 Å². The van der Waals surface area contributed by atoms with E-state index < -0.39 is 11.8 Å². The molecule has 1 aliphatic rings. The van der Waals surface area contributed by atoms with Gasteiger partial charge in [0.05, 0.1) is 24.9 Å². The van der Waals surface area contributed by atoms with Crippen LogP contribution in [-0.2, 0) is 9.53 Å². The second-order valence-electron chi connectivity index (χ2n) is 8.73. The first-order valence-corrected chi connectivity index (χ1v) is 12.0. The molecule has 2 aromatic heterocycles. The number of carbonyl (C=O) groups is 1. The molecule has 0 aliphatic carbocycles. The summed E-state index contributed by atoms with van der Waals surface area (Å²) in [6.45, 7) is 5.39. The monoisotopic (exact) mass is 496 g/mol. The van der Waals surface area contributed by atoms with Gasteiger partial charge in [0, 0.05) is 37.0 Å². The smallest absolute Gasteiger partial charge is 0.267 e. The number of rotatable bonds is 10. The summed E-state index contributed by atoms with van der Waals surface area (Å²) in [6.07, 6.45) is 4.47. The van der Waals surface area contributed by atoms with Gasteiger partial charge in [-0.3, -0.25) is 9.69 Å². The molecule has 3 heterocycles. The van der Waals surface area contributed by atoms with Gasteiger partial charge in [-0.05, 0) is 37.6 Å². The van der Waals surface area contributed by atoms with Gasteiger partial charge in [-0.25, -0.2) is 23.7 Å². The first kappa shape index (κ1) is 25.6. The van der Waals surface area contributed by atoms with Crippen molar-refractivity contribution in [2.45, 2.75) is 31.7 Å². The van der Waals surface area contributed by atoms with Crippen molar-refractivity contribution in [1.82, 2.24) is 19.9 Å². The van der Waals surface area contributed by atoms with E-state index in [4.69, 9.17) is 4.74 Å². The van der Waals surface area contributed by atoms with Crippen LogP contribution < -0.4 is 10.6 Å². The second-order valence-corrected chi connectivity index (χ2v) is 8.73. The number of anilines is 2. The number of alkyl halides is 2. The Morgan fingerprint density at radius 2 is 1.97 bits per heavy atom. The van der Waals surface area contributed by atoms with Crippen molar-refractivity contribution in [3.8, 4) is 0 Å². The lowest BCUT2D eigenvalue weighted by molar-refractivity contribution is -0.112. The maximum atomic E-state index is 14.2. The minimum absolute atomic E-state index is 0.0242. The quantitative estimate of drug-likeness (QED) is 0.401. The van der Waals surface area contributed by atoms with Gasteiger partial charge >= 0.3 is 0 Å². The number of benzene rings is 1. The Morgan fingerprint density at radius 1 is 1.19 bits per heavy atom. The van der Waals surface area contributed by atoms with Gasteiger partial charge in [0.15, 0.2) is 0 Å². The van der Waals surface area contributed by atoms with E-state index in [0.717, 1.165) is 24.7 Å². The number of nitrogens with zero attached hydrogens (tertiary/aromatic N) is 4. The summed E-state index contributed by atoms with van der Waals surface area (Å²) in [6, 6.07) is 11.5. The molecule has 0 bridgehead atoms. The number of morpholine rings is 1. The fourth-order valence-electron chi connectivity index (χ4n) is 3.98. The zero-order chi connectivity index (χ0) is 25.4. The van der Waals surface area contributed by atoms with Crippen molar-refractivity contribution in [1.29, 1.82) is 0 Å². The summed E-state index contributed by atoms with van der Waals surface area (Å²) in [5.74, 6) is -2.95. The van der Waals surface area contributed by atoms with Gasteiger partial charge in [0.25, 0.3) is 5.92 Å². The largest absolute Gasteiger partial charge is 0.379 e. The Labute approximate surface area is 208 Å². The number of hydrogen-bond acceptors (Lipinski definition) is 7. The van der Waals surface area contributed by atoms with Crippen LogP contribution in [0, 0.1) is 0 Å². The molecule has 1 fully saturated rings.